The summed E-state index contributed by atoms with van der Waals surface area (Å²) in [6.45, 7) is 1.37. The van der Waals surface area contributed by atoms with Crippen LogP contribution in [-0.4, -0.2) is 49.7 Å². The molecule has 1 aliphatic heterocycles. The van der Waals surface area contributed by atoms with E-state index in [1.165, 1.54) is 7.11 Å². The van der Waals surface area contributed by atoms with Crippen LogP contribution in [-0.2, 0) is 20.7 Å². The number of carbonyl (C=O) groups is 2. The lowest BCUT2D eigenvalue weighted by molar-refractivity contribution is -0.142. The number of morpholine rings is 1. The number of hydrogen-bond donors (Lipinski definition) is 1. The number of carbonyl (C=O) groups excluding carboxylic acids is 2. The summed E-state index contributed by atoms with van der Waals surface area (Å²) in [5, 5.41) is 2.81. The number of esters is 1. The molecule has 3 rings (SSSR count). The Balaban J connectivity index is 1.65. The zero-order valence-corrected chi connectivity index (χ0v) is 15.3. The van der Waals surface area contributed by atoms with E-state index in [0.717, 1.165) is 11.1 Å². The molecule has 142 valence electrons. The third-order valence-electron chi connectivity index (χ3n) is 4.59. The molecule has 0 saturated carbocycles. The van der Waals surface area contributed by atoms with E-state index in [2.05, 4.69) is 5.32 Å². The number of nitrogens with one attached hydrogen (secondary N) is 1. The summed E-state index contributed by atoms with van der Waals surface area (Å²) in [6, 6.07) is 18.3. The second kappa shape index (κ2) is 9.19. The average molecular weight is 368 g/mol. The Hall–Kier alpha value is -2.86. The molecule has 2 aromatic carbocycles. The number of nitrogens with zero attached hydrogens (tertiary/aromatic N) is 1. The van der Waals surface area contributed by atoms with Crippen LogP contribution in [0.3, 0.4) is 0 Å². The third-order valence-corrected chi connectivity index (χ3v) is 4.59. The minimum absolute atomic E-state index is 0.170. The van der Waals surface area contributed by atoms with Crippen molar-refractivity contribution in [2.75, 3.05) is 26.8 Å². The summed E-state index contributed by atoms with van der Waals surface area (Å²) >= 11 is 0. The molecule has 1 unspecified atom stereocenters. The molecule has 0 aliphatic carbocycles. The molecule has 0 aromatic heterocycles. The fourth-order valence-corrected chi connectivity index (χ4v) is 3.13. The minimum atomic E-state index is -0.733. The van der Waals surface area contributed by atoms with Gasteiger partial charge in [0.2, 0.25) is 0 Å². The van der Waals surface area contributed by atoms with Crippen LogP contribution >= 0.6 is 0 Å². The van der Waals surface area contributed by atoms with E-state index in [4.69, 9.17) is 9.47 Å². The Morgan fingerprint density at radius 3 is 2.48 bits per heavy atom. The van der Waals surface area contributed by atoms with Crippen molar-refractivity contribution in [3.8, 4) is 0 Å². The SMILES string of the molecule is COC(=O)[C@@H](Cc1ccccc1)NC(=O)N1CCOC(c2ccccc2)C1. The molecule has 0 bridgehead atoms. The van der Waals surface area contributed by atoms with Crippen molar-refractivity contribution in [1.29, 1.82) is 0 Å². The lowest BCUT2D eigenvalue weighted by atomic mass is 10.1. The highest BCUT2D eigenvalue weighted by Crippen LogP contribution is 2.22. The molecule has 2 aromatic rings. The van der Waals surface area contributed by atoms with Gasteiger partial charge in [-0.25, -0.2) is 9.59 Å². The highest BCUT2D eigenvalue weighted by molar-refractivity contribution is 5.84. The Kier molecular flexibility index (Phi) is 6.44. The van der Waals surface area contributed by atoms with E-state index in [0.29, 0.717) is 26.1 Å². The first-order chi connectivity index (χ1) is 13.2. The van der Waals surface area contributed by atoms with Crippen LogP contribution in [0.25, 0.3) is 0 Å². The maximum atomic E-state index is 12.7. The molecule has 0 spiro atoms. The van der Waals surface area contributed by atoms with E-state index in [-0.39, 0.29) is 12.1 Å². The number of hydrogen-bond acceptors (Lipinski definition) is 4. The molecule has 1 N–H and O–H groups in total. The number of amides is 2. The Labute approximate surface area is 159 Å². The zero-order chi connectivity index (χ0) is 19.1. The van der Waals surface area contributed by atoms with Gasteiger partial charge in [0.1, 0.15) is 12.1 Å². The molecule has 6 heteroatoms. The van der Waals surface area contributed by atoms with Crippen molar-refractivity contribution in [3.05, 3.63) is 71.8 Å². The van der Waals surface area contributed by atoms with E-state index >= 15 is 0 Å². The summed E-state index contributed by atoms with van der Waals surface area (Å²) in [7, 11) is 1.33. The van der Waals surface area contributed by atoms with Crippen LogP contribution in [0.15, 0.2) is 60.7 Å². The van der Waals surface area contributed by atoms with E-state index in [1.807, 2.05) is 60.7 Å². The number of benzene rings is 2. The van der Waals surface area contributed by atoms with Gasteiger partial charge in [-0.2, -0.15) is 0 Å². The number of ether oxygens (including phenoxy) is 2. The molecule has 2 atom stereocenters. The summed E-state index contributed by atoms with van der Waals surface area (Å²) in [5.41, 5.74) is 1.99. The van der Waals surface area contributed by atoms with Gasteiger partial charge >= 0.3 is 12.0 Å². The monoisotopic (exact) mass is 368 g/mol. The van der Waals surface area contributed by atoms with E-state index in [1.54, 1.807) is 4.90 Å². The van der Waals surface area contributed by atoms with Crippen molar-refractivity contribution in [2.45, 2.75) is 18.6 Å². The number of rotatable bonds is 5. The summed E-state index contributed by atoms with van der Waals surface area (Å²) in [6.07, 6.45) is 0.211. The Morgan fingerprint density at radius 1 is 1.15 bits per heavy atom. The van der Waals surface area contributed by atoms with Crippen molar-refractivity contribution in [3.63, 3.8) is 0 Å². The molecule has 1 saturated heterocycles. The fraction of sp³-hybridized carbons (Fsp3) is 0.333. The molecule has 6 nitrogen and oxygen atoms in total. The fourth-order valence-electron chi connectivity index (χ4n) is 3.13. The quantitative estimate of drug-likeness (QED) is 0.824. The Morgan fingerprint density at radius 2 is 1.81 bits per heavy atom. The van der Waals surface area contributed by atoms with Crippen LogP contribution < -0.4 is 5.32 Å². The average Bonchev–Trinajstić information content (AvgIpc) is 2.74. The maximum Gasteiger partial charge on any atom is 0.328 e. The summed E-state index contributed by atoms with van der Waals surface area (Å²) < 4.78 is 10.7. The number of methoxy groups -OCH3 is 1. The summed E-state index contributed by atoms with van der Waals surface area (Å²) in [5.74, 6) is -0.458. The minimum Gasteiger partial charge on any atom is -0.467 e. The van der Waals surface area contributed by atoms with Crippen molar-refractivity contribution >= 4 is 12.0 Å². The van der Waals surface area contributed by atoms with Gasteiger partial charge in [-0.1, -0.05) is 60.7 Å². The first-order valence-corrected chi connectivity index (χ1v) is 9.01. The van der Waals surface area contributed by atoms with E-state index < -0.39 is 12.0 Å². The smallest absolute Gasteiger partial charge is 0.328 e. The van der Waals surface area contributed by atoms with Crippen LogP contribution in [0.4, 0.5) is 4.79 Å². The molecule has 1 fully saturated rings. The predicted octanol–water partition coefficient (Wildman–Crippen LogP) is 2.55. The molecule has 0 radical (unpaired) electrons. The van der Waals surface area contributed by atoms with Gasteiger partial charge in [0.15, 0.2) is 0 Å². The molecule has 1 aliphatic rings. The third kappa shape index (κ3) is 5.08. The van der Waals surface area contributed by atoms with Crippen LogP contribution in [0, 0.1) is 0 Å². The van der Waals surface area contributed by atoms with Crippen LogP contribution in [0.2, 0.25) is 0 Å². The molecule has 27 heavy (non-hydrogen) atoms. The first-order valence-electron chi connectivity index (χ1n) is 9.01. The van der Waals surface area contributed by atoms with Gasteiger partial charge in [0.05, 0.1) is 20.3 Å². The second-order valence-electron chi connectivity index (χ2n) is 6.43. The number of urea groups is 1. The molecular weight excluding hydrogens is 344 g/mol. The first kappa shape index (κ1) is 18.9. The van der Waals surface area contributed by atoms with Gasteiger partial charge in [0.25, 0.3) is 0 Å². The molecule has 2 amide bonds. The predicted molar refractivity (Wildman–Crippen MR) is 101 cm³/mol. The largest absolute Gasteiger partial charge is 0.467 e. The highest BCUT2D eigenvalue weighted by Gasteiger charge is 2.29. The van der Waals surface area contributed by atoms with Crippen LogP contribution in [0.5, 0.6) is 0 Å². The molecule has 1 heterocycles. The topological polar surface area (TPSA) is 67.9 Å². The van der Waals surface area contributed by atoms with E-state index in [9.17, 15) is 9.59 Å². The standard InChI is InChI=1S/C21H24N2O4/c1-26-20(24)18(14-16-8-4-2-5-9-16)22-21(25)23-12-13-27-19(15-23)17-10-6-3-7-11-17/h2-11,18-19H,12-15H2,1H3,(H,22,25)/t18-,19?/m1/s1. The normalized spacial score (nSPS) is 17.8. The lowest BCUT2D eigenvalue weighted by Crippen LogP contribution is -2.52. The maximum absolute atomic E-state index is 12.7. The van der Waals surface area contributed by atoms with Crippen LogP contribution in [0.1, 0.15) is 17.2 Å². The highest BCUT2D eigenvalue weighted by atomic mass is 16.5. The van der Waals surface area contributed by atoms with Gasteiger partial charge in [-0.15, -0.1) is 0 Å². The van der Waals surface area contributed by atoms with Gasteiger partial charge in [-0.05, 0) is 11.1 Å². The summed E-state index contributed by atoms with van der Waals surface area (Å²) in [4.78, 5) is 26.6. The molecular formula is C21H24N2O4. The second-order valence-corrected chi connectivity index (χ2v) is 6.43. The van der Waals surface area contributed by atoms with Crippen molar-refractivity contribution in [2.24, 2.45) is 0 Å². The lowest BCUT2D eigenvalue weighted by Gasteiger charge is -2.34. The van der Waals surface area contributed by atoms with Crippen molar-refractivity contribution in [1.82, 2.24) is 10.2 Å². The zero-order valence-electron chi connectivity index (χ0n) is 15.3. The van der Waals surface area contributed by atoms with Gasteiger partial charge in [-0.3, -0.25) is 0 Å². The Bertz CT molecular complexity index is 751. The van der Waals surface area contributed by atoms with Gasteiger partial charge < -0.3 is 19.7 Å². The van der Waals surface area contributed by atoms with Crippen molar-refractivity contribution < 1.29 is 19.1 Å². The van der Waals surface area contributed by atoms with Gasteiger partial charge in [0, 0.05) is 13.0 Å².